The maximum Gasteiger partial charge on any atom is 0.322 e. The molecular formula is C12H21N5O2. The second kappa shape index (κ2) is 6.01. The van der Waals surface area contributed by atoms with Gasteiger partial charge in [0.05, 0.1) is 12.7 Å². The van der Waals surface area contributed by atoms with Crippen LogP contribution in [0.1, 0.15) is 26.7 Å². The van der Waals surface area contributed by atoms with E-state index in [0.717, 1.165) is 26.0 Å². The molecule has 0 aliphatic carbocycles. The van der Waals surface area contributed by atoms with Crippen LogP contribution in [0.5, 0.6) is 6.01 Å². The van der Waals surface area contributed by atoms with E-state index < -0.39 is 0 Å². The van der Waals surface area contributed by atoms with Gasteiger partial charge >= 0.3 is 6.01 Å². The average Bonchev–Trinajstić information content (AvgIpc) is 2.84. The Morgan fingerprint density at radius 3 is 2.58 bits per heavy atom. The van der Waals surface area contributed by atoms with Gasteiger partial charge in [-0.15, -0.1) is 0 Å². The summed E-state index contributed by atoms with van der Waals surface area (Å²) in [6.45, 7) is 6.31. The van der Waals surface area contributed by atoms with Crippen molar-refractivity contribution < 1.29 is 9.47 Å². The Bertz CT molecular complexity index is 421. The fourth-order valence-electron chi connectivity index (χ4n) is 2.01. The summed E-state index contributed by atoms with van der Waals surface area (Å²) in [5, 5.41) is 6.24. The number of anilines is 2. The zero-order chi connectivity index (χ0) is 13.7. The third-order valence-corrected chi connectivity index (χ3v) is 3.05. The molecule has 0 radical (unpaired) electrons. The van der Waals surface area contributed by atoms with Gasteiger partial charge in [0.1, 0.15) is 0 Å². The minimum absolute atomic E-state index is 0.141. The van der Waals surface area contributed by atoms with Crippen LogP contribution in [-0.2, 0) is 4.74 Å². The van der Waals surface area contributed by atoms with Crippen molar-refractivity contribution in [1.82, 2.24) is 15.0 Å². The second-order valence-corrected chi connectivity index (χ2v) is 4.76. The van der Waals surface area contributed by atoms with Gasteiger partial charge in [0, 0.05) is 19.7 Å². The van der Waals surface area contributed by atoms with Crippen LogP contribution >= 0.6 is 0 Å². The third-order valence-electron chi connectivity index (χ3n) is 3.05. The molecule has 1 atom stereocenters. The summed E-state index contributed by atoms with van der Waals surface area (Å²) in [6, 6.07) is 0.297. The Balaban J connectivity index is 2.04. The molecule has 1 fully saturated rings. The van der Waals surface area contributed by atoms with Crippen LogP contribution in [0, 0.1) is 0 Å². The summed E-state index contributed by atoms with van der Waals surface area (Å²) in [6.07, 6.45) is 2.14. The van der Waals surface area contributed by atoms with Crippen molar-refractivity contribution in [1.29, 1.82) is 0 Å². The van der Waals surface area contributed by atoms with Crippen LogP contribution in [0.2, 0.25) is 0 Å². The Morgan fingerprint density at radius 2 is 2.00 bits per heavy atom. The zero-order valence-electron chi connectivity index (χ0n) is 11.7. The predicted octanol–water partition coefficient (Wildman–Crippen LogP) is 1.29. The van der Waals surface area contributed by atoms with Gasteiger partial charge in [-0.3, -0.25) is 0 Å². The van der Waals surface area contributed by atoms with E-state index in [1.54, 1.807) is 0 Å². The highest BCUT2D eigenvalue weighted by atomic mass is 16.5. The zero-order valence-corrected chi connectivity index (χ0v) is 11.7. The number of rotatable bonds is 6. The van der Waals surface area contributed by atoms with E-state index in [4.69, 9.17) is 9.47 Å². The highest BCUT2D eigenvalue weighted by molar-refractivity contribution is 5.36. The summed E-state index contributed by atoms with van der Waals surface area (Å²) in [7, 11) is 1.54. The molecule has 19 heavy (non-hydrogen) atoms. The molecule has 1 saturated heterocycles. The highest BCUT2D eigenvalue weighted by Gasteiger charge is 2.29. The summed E-state index contributed by atoms with van der Waals surface area (Å²) < 4.78 is 10.8. The van der Waals surface area contributed by atoms with Crippen molar-refractivity contribution in [3.63, 3.8) is 0 Å². The largest absolute Gasteiger partial charge is 0.467 e. The lowest BCUT2D eigenvalue weighted by molar-refractivity contribution is 0.0314. The summed E-state index contributed by atoms with van der Waals surface area (Å²) in [4.78, 5) is 12.6. The van der Waals surface area contributed by atoms with E-state index in [2.05, 4.69) is 32.5 Å². The van der Waals surface area contributed by atoms with Gasteiger partial charge in [-0.1, -0.05) is 0 Å². The standard InChI is InChI=1S/C12H21N5O2/c1-4-13-9-15-10(17-11(16-9)18-3)14-8-12(2)6-5-7-19-12/h4-8H2,1-3H3,(H2,13,14,15,16,17). The molecule has 1 aliphatic rings. The van der Waals surface area contributed by atoms with Crippen molar-refractivity contribution in [3.8, 4) is 6.01 Å². The molecule has 0 amide bonds. The summed E-state index contributed by atoms with van der Waals surface area (Å²) >= 11 is 0. The molecule has 7 nitrogen and oxygen atoms in total. The molecule has 0 saturated carbocycles. The van der Waals surface area contributed by atoms with E-state index in [0.29, 0.717) is 24.5 Å². The topological polar surface area (TPSA) is 81.2 Å². The van der Waals surface area contributed by atoms with Gasteiger partial charge in [0.25, 0.3) is 0 Å². The monoisotopic (exact) mass is 267 g/mol. The van der Waals surface area contributed by atoms with Crippen LogP contribution in [0.4, 0.5) is 11.9 Å². The van der Waals surface area contributed by atoms with E-state index in [1.165, 1.54) is 7.11 Å². The number of hydrogen-bond acceptors (Lipinski definition) is 7. The van der Waals surface area contributed by atoms with Crippen LogP contribution in [-0.4, -0.2) is 47.4 Å². The Morgan fingerprint density at radius 1 is 1.26 bits per heavy atom. The average molecular weight is 267 g/mol. The molecule has 1 aromatic heterocycles. The predicted molar refractivity (Wildman–Crippen MR) is 72.6 cm³/mol. The van der Waals surface area contributed by atoms with Crippen molar-refractivity contribution in [2.45, 2.75) is 32.3 Å². The molecule has 0 bridgehead atoms. The molecule has 7 heteroatoms. The SMILES string of the molecule is CCNc1nc(NCC2(C)CCCO2)nc(OC)n1. The summed E-state index contributed by atoms with van der Waals surface area (Å²) in [5.74, 6) is 1.01. The van der Waals surface area contributed by atoms with Crippen LogP contribution < -0.4 is 15.4 Å². The van der Waals surface area contributed by atoms with Crippen LogP contribution in [0.25, 0.3) is 0 Å². The first-order valence-corrected chi connectivity index (χ1v) is 6.57. The quantitative estimate of drug-likeness (QED) is 0.803. The number of aromatic nitrogens is 3. The smallest absolute Gasteiger partial charge is 0.322 e. The number of nitrogens with zero attached hydrogens (tertiary/aromatic N) is 3. The van der Waals surface area contributed by atoms with Crippen molar-refractivity contribution in [2.24, 2.45) is 0 Å². The second-order valence-electron chi connectivity index (χ2n) is 4.76. The van der Waals surface area contributed by atoms with Crippen molar-refractivity contribution in [3.05, 3.63) is 0 Å². The molecule has 0 aromatic carbocycles. The Kier molecular flexibility index (Phi) is 4.36. The fraction of sp³-hybridized carbons (Fsp3) is 0.750. The lowest BCUT2D eigenvalue weighted by Gasteiger charge is -2.23. The third kappa shape index (κ3) is 3.66. The number of hydrogen-bond donors (Lipinski definition) is 2. The number of nitrogens with one attached hydrogen (secondary N) is 2. The first kappa shape index (κ1) is 13.8. The molecule has 2 heterocycles. The van der Waals surface area contributed by atoms with Gasteiger partial charge in [-0.25, -0.2) is 0 Å². The molecule has 106 valence electrons. The van der Waals surface area contributed by atoms with Crippen molar-refractivity contribution in [2.75, 3.05) is 37.4 Å². The molecule has 1 aliphatic heterocycles. The van der Waals surface area contributed by atoms with Gasteiger partial charge in [0.15, 0.2) is 0 Å². The van der Waals surface area contributed by atoms with Crippen LogP contribution in [0.15, 0.2) is 0 Å². The van der Waals surface area contributed by atoms with Crippen LogP contribution in [0.3, 0.4) is 0 Å². The molecule has 1 unspecified atom stereocenters. The molecule has 2 rings (SSSR count). The molecule has 0 spiro atoms. The fourth-order valence-corrected chi connectivity index (χ4v) is 2.01. The van der Waals surface area contributed by atoms with Gasteiger partial charge in [-0.05, 0) is 26.7 Å². The molecular weight excluding hydrogens is 246 g/mol. The highest BCUT2D eigenvalue weighted by Crippen LogP contribution is 2.25. The van der Waals surface area contributed by atoms with E-state index >= 15 is 0 Å². The Hall–Kier alpha value is -1.63. The first-order valence-electron chi connectivity index (χ1n) is 6.57. The molecule has 2 N–H and O–H groups in total. The maximum atomic E-state index is 5.72. The molecule has 1 aromatic rings. The summed E-state index contributed by atoms with van der Waals surface area (Å²) in [5.41, 5.74) is -0.141. The first-order chi connectivity index (χ1) is 9.15. The number of ether oxygens (including phenoxy) is 2. The van der Waals surface area contributed by atoms with E-state index in [9.17, 15) is 0 Å². The normalized spacial score (nSPS) is 22.3. The lowest BCUT2D eigenvalue weighted by Crippen LogP contribution is -2.33. The minimum Gasteiger partial charge on any atom is -0.467 e. The Labute approximate surface area is 113 Å². The number of methoxy groups -OCH3 is 1. The lowest BCUT2D eigenvalue weighted by atomic mass is 10.0. The van der Waals surface area contributed by atoms with Gasteiger partial charge in [0.2, 0.25) is 11.9 Å². The maximum absolute atomic E-state index is 5.72. The van der Waals surface area contributed by atoms with Gasteiger partial charge < -0.3 is 20.1 Å². The van der Waals surface area contributed by atoms with Crippen molar-refractivity contribution >= 4 is 11.9 Å². The van der Waals surface area contributed by atoms with E-state index in [1.807, 2.05) is 6.92 Å². The minimum atomic E-state index is -0.141. The van der Waals surface area contributed by atoms with Gasteiger partial charge in [-0.2, -0.15) is 15.0 Å². The van der Waals surface area contributed by atoms with E-state index in [-0.39, 0.29) is 5.60 Å².